The predicted octanol–water partition coefficient (Wildman–Crippen LogP) is 1.69. The number of rotatable bonds is 6. The SMILES string of the molecule is CCN(C)C(=O)C(C)NC(=O)C=Cc1ccc(OC)cc1. The van der Waals surface area contributed by atoms with Gasteiger partial charge in [-0.15, -0.1) is 0 Å². The van der Waals surface area contributed by atoms with Crippen LogP contribution in [0.15, 0.2) is 30.3 Å². The average molecular weight is 290 g/mol. The van der Waals surface area contributed by atoms with Crippen molar-refractivity contribution in [3.05, 3.63) is 35.9 Å². The zero-order valence-electron chi connectivity index (χ0n) is 12.9. The lowest BCUT2D eigenvalue weighted by Gasteiger charge is -2.19. The monoisotopic (exact) mass is 290 g/mol. The van der Waals surface area contributed by atoms with E-state index in [9.17, 15) is 9.59 Å². The first-order valence-corrected chi connectivity index (χ1v) is 6.85. The Bertz CT molecular complexity index is 509. The van der Waals surface area contributed by atoms with Crippen molar-refractivity contribution in [2.24, 2.45) is 0 Å². The lowest BCUT2D eigenvalue weighted by molar-refractivity contribution is -0.133. The van der Waals surface area contributed by atoms with E-state index in [1.165, 1.54) is 6.08 Å². The summed E-state index contributed by atoms with van der Waals surface area (Å²) in [5.41, 5.74) is 0.885. The van der Waals surface area contributed by atoms with Crippen LogP contribution in [-0.2, 0) is 9.59 Å². The average Bonchev–Trinajstić information content (AvgIpc) is 2.51. The standard InChI is InChI=1S/C16H22N2O3/c1-5-18(3)16(20)12(2)17-15(19)11-8-13-6-9-14(21-4)10-7-13/h6-12H,5H2,1-4H3,(H,17,19). The minimum atomic E-state index is -0.539. The van der Waals surface area contributed by atoms with Gasteiger partial charge in [-0.1, -0.05) is 12.1 Å². The Balaban J connectivity index is 2.56. The number of likely N-dealkylation sites (N-methyl/N-ethyl adjacent to an activating group) is 1. The summed E-state index contributed by atoms with van der Waals surface area (Å²) in [6.07, 6.45) is 3.10. The van der Waals surface area contributed by atoms with Gasteiger partial charge >= 0.3 is 0 Å². The molecule has 1 unspecified atom stereocenters. The fourth-order valence-corrected chi connectivity index (χ4v) is 1.70. The van der Waals surface area contributed by atoms with Crippen LogP contribution in [0.1, 0.15) is 19.4 Å². The van der Waals surface area contributed by atoms with Crippen LogP contribution in [0.25, 0.3) is 6.08 Å². The second-order valence-electron chi connectivity index (χ2n) is 4.69. The lowest BCUT2D eigenvalue weighted by Crippen LogP contribution is -2.44. The third-order valence-corrected chi connectivity index (χ3v) is 3.12. The summed E-state index contributed by atoms with van der Waals surface area (Å²) in [5, 5.41) is 2.65. The van der Waals surface area contributed by atoms with Crippen LogP contribution in [0, 0.1) is 0 Å². The number of nitrogens with one attached hydrogen (secondary N) is 1. The van der Waals surface area contributed by atoms with Crippen LogP contribution in [0.4, 0.5) is 0 Å². The van der Waals surface area contributed by atoms with Gasteiger partial charge in [0, 0.05) is 19.7 Å². The molecular formula is C16H22N2O3. The minimum absolute atomic E-state index is 0.108. The molecule has 0 aliphatic rings. The summed E-state index contributed by atoms with van der Waals surface area (Å²) < 4.78 is 5.06. The molecule has 1 aromatic carbocycles. The molecule has 1 atom stereocenters. The molecule has 0 aliphatic heterocycles. The summed E-state index contributed by atoms with van der Waals surface area (Å²) in [4.78, 5) is 25.2. The van der Waals surface area contributed by atoms with Crippen molar-refractivity contribution >= 4 is 17.9 Å². The smallest absolute Gasteiger partial charge is 0.244 e. The number of ether oxygens (including phenoxy) is 1. The first kappa shape index (κ1) is 16.8. The molecule has 5 nitrogen and oxygen atoms in total. The highest BCUT2D eigenvalue weighted by atomic mass is 16.5. The Morgan fingerprint density at radius 3 is 2.48 bits per heavy atom. The molecule has 114 valence electrons. The number of carbonyl (C=O) groups is 2. The van der Waals surface area contributed by atoms with Crippen molar-refractivity contribution < 1.29 is 14.3 Å². The zero-order chi connectivity index (χ0) is 15.8. The Kier molecular flexibility index (Phi) is 6.46. The van der Waals surface area contributed by atoms with E-state index in [4.69, 9.17) is 4.74 Å². The second-order valence-corrected chi connectivity index (χ2v) is 4.69. The van der Waals surface area contributed by atoms with Crippen molar-refractivity contribution in [3.8, 4) is 5.75 Å². The highest BCUT2D eigenvalue weighted by Crippen LogP contribution is 2.12. The van der Waals surface area contributed by atoms with E-state index in [0.717, 1.165) is 11.3 Å². The molecule has 1 N–H and O–H groups in total. The zero-order valence-corrected chi connectivity index (χ0v) is 12.9. The molecular weight excluding hydrogens is 268 g/mol. The van der Waals surface area contributed by atoms with Crippen molar-refractivity contribution in [3.63, 3.8) is 0 Å². The van der Waals surface area contributed by atoms with E-state index >= 15 is 0 Å². The summed E-state index contributed by atoms with van der Waals surface area (Å²) >= 11 is 0. The van der Waals surface area contributed by atoms with Gasteiger partial charge in [0.25, 0.3) is 0 Å². The van der Waals surface area contributed by atoms with E-state index < -0.39 is 6.04 Å². The maximum atomic E-state index is 11.8. The summed E-state index contributed by atoms with van der Waals surface area (Å²) in [6.45, 7) is 4.17. The topological polar surface area (TPSA) is 58.6 Å². The molecule has 0 radical (unpaired) electrons. The van der Waals surface area contributed by atoms with E-state index in [0.29, 0.717) is 6.54 Å². The number of methoxy groups -OCH3 is 1. The van der Waals surface area contributed by atoms with Crippen LogP contribution in [0.5, 0.6) is 5.75 Å². The van der Waals surface area contributed by atoms with Gasteiger partial charge in [0.15, 0.2) is 0 Å². The van der Waals surface area contributed by atoms with E-state index in [-0.39, 0.29) is 11.8 Å². The van der Waals surface area contributed by atoms with Crippen LogP contribution < -0.4 is 10.1 Å². The fourth-order valence-electron chi connectivity index (χ4n) is 1.70. The number of nitrogens with zero attached hydrogens (tertiary/aromatic N) is 1. The Morgan fingerprint density at radius 1 is 1.33 bits per heavy atom. The summed E-state index contributed by atoms with van der Waals surface area (Å²) in [7, 11) is 3.31. The molecule has 5 heteroatoms. The molecule has 0 aromatic heterocycles. The molecule has 21 heavy (non-hydrogen) atoms. The van der Waals surface area contributed by atoms with Crippen molar-refractivity contribution in [2.75, 3.05) is 20.7 Å². The maximum absolute atomic E-state index is 11.8. The van der Waals surface area contributed by atoms with E-state index in [1.54, 1.807) is 32.1 Å². The molecule has 0 aliphatic carbocycles. The molecule has 0 fully saturated rings. The van der Waals surface area contributed by atoms with Crippen molar-refractivity contribution in [1.82, 2.24) is 10.2 Å². The molecule has 1 aromatic rings. The maximum Gasteiger partial charge on any atom is 0.244 e. The molecule has 0 bridgehead atoms. The molecule has 0 saturated heterocycles. The highest BCUT2D eigenvalue weighted by Gasteiger charge is 2.17. The summed E-state index contributed by atoms with van der Waals surface area (Å²) in [5.74, 6) is 0.360. The fraction of sp³-hybridized carbons (Fsp3) is 0.375. The number of carbonyl (C=O) groups excluding carboxylic acids is 2. The number of hydrogen-bond acceptors (Lipinski definition) is 3. The largest absolute Gasteiger partial charge is 0.497 e. The number of benzene rings is 1. The van der Waals surface area contributed by atoms with Crippen LogP contribution >= 0.6 is 0 Å². The quantitative estimate of drug-likeness (QED) is 0.811. The van der Waals surface area contributed by atoms with Gasteiger partial charge in [0.1, 0.15) is 11.8 Å². The van der Waals surface area contributed by atoms with Gasteiger partial charge in [-0.05, 0) is 37.6 Å². The Hall–Kier alpha value is -2.30. The number of amides is 2. The van der Waals surface area contributed by atoms with Gasteiger partial charge in [-0.3, -0.25) is 9.59 Å². The summed E-state index contributed by atoms with van der Waals surface area (Å²) in [6, 6.07) is 6.80. The van der Waals surface area contributed by atoms with E-state index in [2.05, 4.69) is 5.32 Å². The second kappa shape index (κ2) is 8.09. The molecule has 1 rings (SSSR count). The van der Waals surface area contributed by atoms with Crippen molar-refractivity contribution in [1.29, 1.82) is 0 Å². The normalized spacial score (nSPS) is 12.0. The lowest BCUT2D eigenvalue weighted by atomic mass is 10.2. The molecule has 0 saturated carbocycles. The van der Waals surface area contributed by atoms with Gasteiger partial charge in [0.2, 0.25) is 11.8 Å². The van der Waals surface area contributed by atoms with Crippen LogP contribution in [0.2, 0.25) is 0 Å². The number of hydrogen-bond donors (Lipinski definition) is 1. The molecule has 2 amide bonds. The van der Waals surface area contributed by atoms with Crippen molar-refractivity contribution in [2.45, 2.75) is 19.9 Å². The van der Waals surface area contributed by atoms with Gasteiger partial charge < -0.3 is 15.0 Å². The van der Waals surface area contributed by atoms with Gasteiger partial charge in [-0.25, -0.2) is 0 Å². The first-order valence-electron chi connectivity index (χ1n) is 6.85. The molecule has 0 spiro atoms. The Morgan fingerprint density at radius 2 is 1.95 bits per heavy atom. The minimum Gasteiger partial charge on any atom is -0.497 e. The van der Waals surface area contributed by atoms with Crippen LogP contribution in [-0.4, -0.2) is 43.5 Å². The third kappa shape index (κ3) is 5.30. The van der Waals surface area contributed by atoms with Gasteiger partial charge in [0.05, 0.1) is 7.11 Å². The predicted molar refractivity (Wildman–Crippen MR) is 82.9 cm³/mol. The van der Waals surface area contributed by atoms with Crippen LogP contribution in [0.3, 0.4) is 0 Å². The molecule has 0 heterocycles. The first-order chi connectivity index (χ1) is 9.97. The highest BCUT2D eigenvalue weighted by molar-refractivity contribution is 5.95. The van der Waals surface area contributed by atoms with Gasteiger partial charge in [-0.2, -0.15) is 0 Å². The Labute approximate surface area is 125 Å². The third-order valence-electron chi connectivity index (χ3n) is 3.12. The van der Waals surface area contributed by atoms with E-state index in [1.807, 2.05) is 31.2 Å².